The fourth-order valence-electron chi connectivity index (χ4n) is 2.14. The molecule has 1 aromatic heterocycles. The average Bonchev–Trinajstić information content (AvgIpc) is 2.90. The van der Waals surface area contributed by atoms with Crippen molar-refractivity contribution < 1.29 is 19.2 Å². The number of carboxylic acid groups (broad SMARTS) is 1. The van der Waals surface area contributed by atoms with Crippen LogP contribution >= 0.6 is 0 Å². The second kappa shape index (κ2) is 4.75. The number of carboxylic acids is 1. The number of furan rings is 1. The summed E-state index contributed by atoms with van der Waals surface area (Å²) in [6.07, 6.45) is 0. The van der Waals surface area contributed by atoms with E-state index in [2.05, 4.69) is 0 Å². The molecule has 0 unspecified atom stereocenters. The number of carbonyl (C=O) groups is 1. The van der Waals surface area contributed by atoms with Crippen LogP contribution in [0.4, 0.5) is 5.69 Å². The number of fused-ring (bicyclic) bond motifs is 1. The molecular formula is C15H9NO5. The maximum Gasteiger partial charge on any atom is 0.335 e. The standard InChI is InChI=1S/C15H9NO5/c17-15(18)10-5-6-11(12(7-10)16(19)20)14-8-9-3-1-2-4-13(9)21-14/h1-8H,(H,17,18). The van der Waals surface area contributed by atoms with E-state index < -0.39 is 10.9 Å². The monoisotopic (exact) mass is 283 g/mol. The Morgan fingerprint density at radius 1 is 1.14 bits per heavy atom. The molecule has 0 aliphatic rings. The van der Waals surface area contributed by atoms with Gasteiger partial charge in [0.15, 0.2) is 0 Å². The Labute approximate surface area is 118 Å². The summed E-state index contributed by atoms with van der Waals surface area (Å²) in [5, 5.41) is 20.9. The number of nitrogens with zero attached hydrogens (tertiary/aromatic N) is 1. The van der Waals surface area contributed by atoms with Gasteiger partial charge in [0.25, 0.3) is 5.69 Å². The number of rotatable bonds is 3. The van der Waals surface area contributed by atoms with E-state index >= 15 is 0 Å². The lowest BCUT2D eigenvalue weighted by Crippen LogP contribution is -1.99. The molecule has 0 fully saturated rings. The molecule has 0 radical (unpaired) electrons. The van der Waals surface area contributed by atoms with Gasteiger partial charge in [0.1, 0.15) is 11.3 Å². The van der Waals surface area contributed by atoms with Crippen molar-refractivity contribution in [3.63, 3.8) is 0 Å². The van der Waals surface area contributed by atoms with Crippen molar-refractivity contribution in [3.05, 3.63) is 64.2 Å². The third kappa shape index (κ3) is 2.23. The number of para-hydroxylation sites is 1. The summed E-state index contributed by atoms with van der Waals surface area (Å²) >= 11 is 0. The maximum absolute atomic E-state index is 11.2. The van der Waals surface area contributed by atoms with Crippen LogP contribution in [-0.4, -0.2) is 16.0 Å². The first-order valence-electron chi connectivity index (χ1n) is 6.07. The largest absolute Gasteiger partial charge is 0.478 e. The van der Waals surface area contributed by atoms with Crippen LogP contribution in [0.25, 0.3) is 22.3 Å². The van der Waals surface area contributed by atoms with E-state index in [9.17, 15) is 14.9 Å². The first kappa shape index (κ1) is 12.9. The second-order valence-corrected chi connectivity index (χ2v) is 4.44. The predicted octanol–water partition coefficient (Wildman–Crippen LogP) is 3.71. The van der Waals surface area contributed by atoms with Crippen LogP contribution in [0, 0.1) is 10.1 Å². The molecule has 0 bridgehead atoms. The van der Waals surface area contributed by atoms with E-state index in [0.717, 1.165) is 11.5 Å². The highest BCUT2D eigenvalue weighted by molar-refractivity contribution is 5.91. The summed E-state index contributed by atoms with van der Waals surface area (Å²) in [5.74, 6) is -0.880. The van der Waals surface area contributed by atoms with Gasteiger partial charge in [0.2, 0.25) is 0 Å². The minimum Gasteiger partial charge on any atom is -0.478 e. The van der Waals surface area contributed by atoms with Crippen LogP contribution in [-0.2, 0) is 0 Å². The van der Waals surface area contributed by atoms with Gasteiger partial charge in [-0.25, -0.2) is 4.79 Å². The van der Waals surface area contributed by atoms with E-state index in [-0.39, 0.29) is 16.8 Å². The van der Waals surface area contributed by atoms with Crippen molar-refractivity contribution >= 4 is 22.6 Å². The van der Waals surface area contributed by atoms with E-state index in [1.54, 1.807) is 18.2 Å². The number of nitro benzene ring substituents is 1. The summed E-state index contributed by atoms with van der Waals surface area (Å²) in [7, 11) is 0. The summed E-state index contributed by atoms with van der Waals surface area (Å²) in [6.45, 7) is 0. The Morgan fingerprint density at radius 2 is 1.90 bits per heavy atom. The highest BCUT2D eigenvalue weighted by Gasteiger charge is 2.21. The number of nitro groups is 1. The molecule has 2 aromatic carbocycles. The summed E-state index contributed by atoms with van der Waals surface area (Å²) in [4.78, 5) is 21.5. The Kier molecular flexibility index (Phi) is 2.91. The molecular weight excluding hydrogens is 274 g/mol. The first-order chi connectivity index (χ1) is 10.1. The maximum atomic E-state index is 11.2. The molecule has 21 heavy (non-hydrogen) atoms. The molecule has 0 saturated carbocycles. The third-order valence-electron chi connectivity index (χ3n) is 3.13. The van der Waals surface area contributed by atoms with Crippen LogP contribution in [0.15, 0.2) is 52.9 Å². The van der Waals surface area contributed by atoms with Gasteiger partial charge >= 0.3 is 5.97 Å². The van der Waals surface area contributed by atoms with Gasteiger partial charge in [0.05, 0.1) is 16.1 Å². The molecule has 3 rings (SSSR count). The summed E-state index contributed by atoms with van der Waals surface area (Å²) in [5.41, 5.74) is 0.431. The lowest BCUT2D eigenvalue weighted by Gasteiger charge is -2.01. The van der Waals surface area contributed by atoms with Crippen molar-refractivity contribution in [2.45, 2.75) is 0 Å². The molecule has 0 saturated heterocycles. The van der Waals surface area contributed by atoms with Gasteiger partial charge in [-0.05, 0) is 24.3 Å². The zero-order valence-electron chi connectivity index (χ0n) is 10.6. The first-order valence-corrected chi connectivity index (χ1v) is 6.07. The molecule has 1 heterocycles. The van der Waals surface area contributed by atoms with Crippen molar-refractivity contribution in [2.75, 3.05) is 0 Å². The highest BCUT2D eigenvalue weighted by Crippen LogP contribution is 2.34. The molecule has 6 heteroatoms. The molecule has 6 nitrogen and oxygen atoms in total. The van der Waals surface area contributed by atoms with Crippen molar-refractivity contribution in [1.29, 1.82) is 0 Å². The molecule has 1 N–H and O–H groups in total. The molecule has 104 valence electrons. The highest BCUT2D eigenvalue weighted by atomic mass is 16.6. The van der Waals surface area contributed by atoms with E-state index in [1.807, 2.05) is 12.1 Å². The number of hydrogen-bond acceptors (Lipinski definition) is 4. The Hall–Kier alpha value is -3.15. The zero-order valence-corrected chi connectivity index (χ0v) is 10.6. The lowest BCUT2D eigenvalue weighted by atomic mass is 10.1. The fourth-order valence-corrected chi connectivity index (χ4v) is 2.14. The summed E-state index contributed by atoms with van der Waals surface area (Å²) in [6, 6.07) is 12.7. The second-order valence-electron chi connectivity index (χ2n) is 4.44. The Bertz CT molecular complexity index is 832. The van der Waals surface area contributed by atoms with Gasteiger partial charge in [0, 0.05) is 11.5 Å². The fraction of sp³-hybridized carbons (Fsp3) is 0. The molecule has 0 aliphatic heterocycles. The van der Waals surface area contributed by atoms with Crippen molar-refractivity contribution in [1.82, 2.24) is 0 Å². The van der Waals surface area contributed by atoms with Gasteiger partial charge in [-0.3, -0.25) is 10.1 Å². The van der Waals surface area contributed by atoms with Crippen LogP contribution < -0.4 is 0 Å². The molecule has 0 amide bonds. The molecule has 0 atom stereocenters. The SMILES string of the molecule is O=C(O)c1ccc(-c2cc3ccccc3o2)c([N+](=O)[O-])c1. The van der Waals surface area contributed by atoms with Crippen molar-refractivity contribution in [3.8, 4) is 11.3 Å². The molecule has 3 aromatic rings. The van der Waals surface area contributed by atoms with Gasteiger partial charge in [-0.15, -0.1) is 0 Å². The normalized spacial score (nSPS) is 10.7. The number of aromatic carboxylic acids is 1. The van der Waals surface area contributed by atoms with E-state index in [4.69, 9.17) is 9.52 Å². The molecule has 0 aliphatic carbocycles. The Balaban J connectivity index is 2.21. The van der Waals surface area contributed by atoms with Gasteiger partial charge in [-0.1, -0.05) is 18.2 Å². The molecule has 0 spiro atoms. The van der Waals surface area contributed by atoms with Gasteiger partial charge < -0.3 is 9.52 Å². The number of hydrogen-bond donors (Lipinski definition) is 1. The van der Waals surface area contributed by atoms with Crippen LogP contribution in [0.5, 0.6) is 0 Å². The average molecular weight is 283 g/mol. The van der Waals surface area contributed by atoms with Crippen LogP contribution in [0.3, 0.4) is 0 Å². The van der Waals surface area contributed by atoms with Crippen LogP contribution in [0.2, 0.25) is 0 Å². The smallest absolute Gasteiger partial charge is 0.335 e. The Morgan fingerprint density at radius 3 is 2.57 bits per heavy atom. The number of benzene rings is 2. The third-order valence-corrected chi connectivity index (χ3v) is 3.13. The zero-order chi connectivity index (χ0) is 15.0. The topological polar surface area (TPSA) is 93.6 Å². The predicted molar refractivity (Wildman–Crippen MR) is 75.3 cm³/mol. The lowest BCUT2D eigenvalue weighted by molar-refractivity contribution is -0.384. The quantitative estimate of drug-likeness (QED) is 0.584. The summed E-state index contributed by atoms with van der Waals surface area (Å²) < 4.78 is 5.59. The van der Waals surface area contributed by atoms with Gasteiger partial charge in [-0.2, -0.15) is 0 Å². The van der Waals surface area contributed by atoms with Crippen LogP contribution in [0.1, 0.15) is 10.4 Å². The minimum atomic E-state index is -1.21. The van der Waals surface area contributed by atoms with E-state index in [1.165, 1.54) is 12.1 Å². The minimum absolute atomic E-state index is 0.137. The van der Waals surface area contributed by atoms with Crippen molar-refractivity contribution in [2.24, 2.45) is 0 Å². The van der Waals surface area contributed by atoms with E-state index in [0.29, 0.717) is 11.3 Å².